The van der Waals surface area contributed by atoms with Gasteiger partial charge in [0.15, 0.2) is 11.5 Å². The number of rotatable bonds is 10. The van der Waals surface area contributed by atoms with Crippen molar-refractivity contribution in [1.29, 1.82) is 0 Å². The normalized spacial score (nSPS) is 14.0. The highest BCUT2D eigenvalue weighted by Gasteiger charge is 2.35. The molecule has 0 spiro atoms. The molecular weight excluding hydrogens is 645 g/mol. The van der Waals surface area contributed by atoms with Gasteiger partial charge in [0.1, 0.15) is 18.1 Å². The van der Waals surface area contributed by atoms with Crippen molar-refractivity contribution in [3.8, 4) is 23.0 Å². The number of carbonyl (C=O) groups is 3. The Morgan fingerprint density at radius 3 is 2.45 bits per heavy atom. The number of hydrogen-bond donors (Lipinski definition) is 0. The van der Waals surface area contributed by atoms with Crippen LogP contribution < -0.4 is 18.9 Å². The van der Waals surface area contributed by atoms with E-state index in [9.17, 15) is 14.4 Å². The number of nitrogens with zero attached hydrogens (tertiary/aromatic N) is 1. The fourth-order valence-corrected chi connectivity index (χ4v) is 5.47. The van der Waals surface area contributed by atoms with Crippen LogP contribution in [0.2, 0.25) is 0 Å². The molecule has 40 heavy (non-hydrogen) atoms. The summed E-state index contributed by atoms with van der Waals surface area (Å²) in [7, 11) is 1.55. The summed E-state index contributed by atoms with van der Waals surface area (Å²) in [4.78, 5) is 39.9. The first kappa shape index (κ1) is 29.5. The average molecular weight is 674 g/mol. The number of esters is 1. The number of ether oxygens (including phenoxy) is 4. The van der Waals surface area contributed by atoms with Crippen molar-refractivity contribution in [2.45, 2.75) is 20.8 Å². The number of halogens is 1. The Kier molecular flexibility index (Phi) is 9.75. The van der Waals surface area contributed by atoms with Crippen LogP contribution in [-0.2, 0) is 4.79 Å². The lowest BCUT2D eigenvalue weighted by Gasteiger charge is -2.15. The van der Waals surface area contributed by atoms with Gasteiger partial charge in [-0.25, -0.2) is 4.79 Å². The highest BCUT2D eigenvalue weighted by Crippen LogP contribution is 2.38. The largest absolute Gasteiger partial charge is 0.497 e. The average Bonchev–Trinajstić information content (AvgIpc) is 3.19. The first-order valence-corrected chi connectivity index (χ1v) is 14.4. The van der Waals surface area contributed by atoms with Crippen molar-refractivity contribution in [3.05, 3.63) is 85.3 Å². The predicted molar refractivity (Wildman–Crippen MR) is 162 cm³/mol. The first-order valence-electron chi connectivity index (χ1n) is 12.5. The van der Waals surface area contributed by atoms with Crippen LogP contribution in [-0.4, -0.2) is 48.9 Å². The molecule has 1 heterocycles. The molecule has 3 aromatic carbocycles. The number of imide groups is 1. The molecule has 1 aliphatic heterocycles. The standard InChI is InChI=1S/C30H28INO7S/c1-5-37-25-16-20(15-23(31)27(25)39-29(34)21-8-10-22(36-4)11-9-21)17-26-28(33)32(30(35)40-26)12-13-38-24-14-18(2)6-7-19(24)3/h6-11,14-17H,5,12-13H2,1-4H3/b26-17-. The van der Waals surface area contributed by atoms with Gasteiger partial charge in [-0.1, -0.05) is 12.1 Å². The van der Waals surface area contributed by atoms with E-state index in [4.69, 9.17) is 18.9 Å². The summed E-state index contributed by atoms with van der Waals surface area (Å²) in [5.74, 6) is 1.05. The molecule has 8 nitrogen and oxygen atoms in total. The number of methoxy groups -OCH3 is 1. The Balaban J connectivity index is 1.48. The topological polar surface area (TPSA) is 91.4 Å². The van der Waals surface area contributed by atoms with Crippen LogP contribution in [0.5, 0.6) is 23.0 Å². The van der Waals surface area contributed by atoms with Gasteiger partial charge in [-0.3, -0.25) is 14.5 Å². The number of thioether (sulfide) groups is 1. The van der Waals surface area contributed by atoms with E-state index in [1.165, 1.54) is 4.90 Å². The molecule has 0 atom stereocenters. The zero-order chi connectivity index (χ0) is 28.8. The Morgan fingerprint density at radius 2 is 1.75 bits per heavy atom. The molecule has 0 bridgehead atoms. The van der Waals surface area contributed by atoms with Crippen LogP contribution in [0.1, 0.15) is 34.0 Å². The van der Waals surface area contributed by atoms with Crippen LogP contribution >= 0.6 is 34.4 Å². The molecule has 1 aliphatic rings. The number of benzene rings is 3. The van der Waals surface area contributed by atoms with E-state index in [-0.39, 0.29) is 35.0 Å². The molecule has 0 aliphatic carbocycles. The highest BCUT2D eigenvalue weighted by molar-refractivity contribution is 14.1. The molecule has 0 saturated carbocycles. The molecule has 0 N–H and O–H groups in total. The van der Waals surface area contributed by atoms with Gasteiger partial charge in [-0.05, 0) is 120 Å². The van der Waals surface area contributed by atoms with Crippen molar-refractivity contribution in [2.75, 3.05) is 26.9 Å². The first-order chi connectivity index (χ1) is 19.2. The second-order valence-corrected chi connectivity index (χ2v) is 11.0. The number of amides is 2. The molecule has 4 rings (SSSR count). The predicted octanol–water partition coefficient (Wildman–Crippen LogP) is 6.65. The summed E-state index contributed by atoms with van der Waals surface area (Å²) in [6, 6.07) is 15.9. The van der Waals surface area contributed by atoms with Gasteiger partial charge in [0, 0.05) is 0 Å². The maximum absolute atomic E-state index is 13.0. The van der Waals surface area contributed by atoms with E-state index in [1.807, 2.05) is 39.0 Å². The van der Waals surface area contributed by atoms with Gasteiger partial charge in [0.05, 0.1) is 34.3 Å². The van der Waals surface area contributed by atoms with Crippen LogP contribution in [0, 0.1) is 17.4 Å². The fourth-order valence-electron chi connectivity index (χ4n) is 3.87. The van der Waals surface area contributed by atoms with Crippen molar-refractivity contribution in [1.82, 2.24) is 4.90 Å². The minimum atomic E-state index is -0.543. The van der Waals surface area contributed by atoms with E-state index in [0.717, 1.165) is 28.6 Å². The summed E-state index contributed by atoms with van der Waals surface area (Å²) in [5, 5.41) is -0.356. The van der Waals surface area contributed by atoms with Crippen molar-refractivity contribution in [2.24, 2.45) is 0 Å². The van der Waals surface area contributed by atoms with Crippen LogP contribution in [0.4, 0.5) is 4.79 Å². The van der Waals surface area contributed by atoms with Crippen LogP contribution in [0.25, 0.3) is 6.08 Å². The van der Waals surface area contributed by atoms with Gasteiger partial charge < -0.3 is 18.9 Å². The van der Waals surface area contributed by atoms with Gasteiger partial charge >= 0.3 is 5.97 Å². The molecule has 10 heteroatoms. The Morgan fingerprint density at radius 1 is 1.00 bits per heavy atom. The Bertz CT molecular complexity index is 1470. The second kappa shape index (κ2) is 13.2. The Labute approximate surface area is 250 Å². The smallest absolute Gasteiger partial charge is 0.343 e. The molecular formula is C30H28INO7S. The van der Waals surface area contributed by atoms with Crippen LogP contribution in [0.3, 0.4) is 0 Å². The molecule has 208 valence electrons. The van der Waals surface area contributed by atoms with Gasteiger partial charge in [-0.2, -0.15) is 0 Å². The monoisotopic (exact) mass is 673 g/mol. The summed E-state index contributed by atoms with van der Waals surface area (Å²) in [6.45, 7) is 6.40. The van der Waals surface area contributed by atoms with Gasteiger partial charge in [-0.15, -0.1) is 0 Å². The number of aryl methyl sites for hydroxylation is 2. The lowest BCUT2D eigenvalue weighted by Crippen LogP contribution is -2.32. The molecule has 0 aromatic heterocycles. The second-order valence-electron chi connectivity index (χ2n) is 8.83. The summed E-state index contributed by atoms with van der Waals surface area (Å²) in [6.07, 6.45) is 1.64. The third-order valence-electron chi connectivity index (χ3n) is 5.94. The third-order valence-corrected chi connectivity index (χ3v) is 7.65. The quantitative estimate of drug-likeness (QED) is 0.102. The summed E-state index contributed by atoms with van der Waals surface area (Å²) >= 11 is 2.92. The SMILES string of the molecule is CCOc1cc(/C=C2\SC(=O)N(CCOc3cc(C)ccc3C)C2=O)cc(I)c1OC(=O)c1ccc(OC)cc1. The maximum Gasteiger partial charge on any atom is 0.343 e. The minimum absolute atomic E-state index is 0.136. The summed E-state index contributed by atoms with van der Waals surface area (Å²) in [5.41, 5.74) is 3.04. The minimum Gasteiger partial charge on any atom is -0.497 e. The van der Waals surface area contributed by atoms with Gasteiger partial charge in [0.25, 0.3) is 11.1 Å². The van der Waals surface area contributed by atoms with E-state index in [2.05, 4.69) is 22.6 Å². The zero-order valence-electron chi connectivity index (χ0n) is 22.5. The zero-order valence-corrected chi connectivity index (χ0v) is 25.5. The van der Waals surface area contributed by atoms with E-state index < -0.39 is 5.97 Å². The number of carbonyl (C=O) groups excluding carboxylic acids is 3. The Hall–Kier alpha value is -3.51. The molecule has 1 saturated heterocycles. The fraction of sp³-hybridized carbons (Fsp3) is 0.233. The summed E-state index contributed by atoms with van der Waals surface area (Å²) < 4.78 is 23.0. The molecule has 2 amide bonds. The lowest BCUT2D eigenvalue weighted by atomic mass is 10.1. The lowest BCUT2D eigenvalue weighted by molar-refractivity contribution is -0.123. The van der Waals surface area contributed by atoms with Crippen molar-refractivity contribution in [3.63, 3.8) is 0 Å². The van der Waals surface area contributed by atoms with Gasteiger partial charge in [0.2, 0.25) is 0 Å². The molecule has 3 aromatic rings. The van der Waals surface area contributed by atoms with E-state index >= 15 is 0 Å². The van der Waals surface area contributed by atoms with E-state index in [0.29, 0.717) is 32.8 Å². The van der Waals surface area contributed by atoms with E-state index in [1.54, 1.807) is 49.6 Å². The van der Waals surface area contributed by atoms with Crippen molar-refractivity contribution < 1.29 is 33.3 Å². The molecule has 0 radical (unpaired) electrons. The molecule has 0 unspecified atom stereocenters. The molecule has 1 fully saturated rings. The maximum atomic E-state index is 13.0. The highest BCUT2D eigenvalue weighted by atomic mass is 127. The van der Waals surface area contributed by atoms with Crippen LogP contribution in [0.15, 0.2) is 59.5 Å². The number of hydrogen-bond acceptors (Lipinski definition) is 8. The van der Waals surface area contributed by atoms with Crippen molar-refractivity contribution >= 4 is 57.5 Å². The third kappa shape index (κ3) is 6.97.